The Morgan fingerprint density at radius 2 is 1.59 bits per heavy atom. The summed E-state index contributed by atoms with van der Waals surface area (Å²) in [7, 11) is 3.15. The normalized spacial score (nSPS) is 10.2. The average molecular weight is 403 g/mol. The first-order valence-electron chi connectivity index (χ1n) is 9.30. The number of halogens is 1. The molecule has 0 aliphatic carbocycles. The van der Waals surface area contributed by atoms with Gasteiger partial charge in [-0.2, -0.15) is 0 Å². The maximum absolute atomic E-state index is 13.5. The molecule has 0 saturated carbocycles. The number of nitrogens with one attached hydrogen (secondary N) is 3. The molecule has 0 aromatic heterocycles. The van der Waals surface area contributed by atoms with E-state index < -0.39 is 11.7 Å². The minimum atomic E-state index is -0.558. The summed E-state index contributed by atoms with van der Waals surface area (Å²) in [5.74, 6) is 0.274. The van der Waals surface area contributed by atoms with Gasteiger partial charge >= 0.3 is 6.03 Å². The predicted octanol–water partition coefficient (Wildman–Crippen LogP) is 2.50. The number of ether oxygens (including phenoxy) is 2. The highest BCUT2D eigenvalue weighted by molar-refractivity contribution is 5.94. The summed E-state index contributed by atoms with van der Waals surface area (Å²) in [6.45, 7) is 1.18. The summed E-state index contributed by atoms with van der Waals surface area (Å²) in [5, 5.41) is 8.11. The van der Waals surface area contributed by atoms with Gasteiger partial charge in [0.05, 0.1) is 19.8 Å². The van der Waals surface area contributed by atoms with Gasteiger partial charge in [0.25, 0.3) is 5.91 Å². The molecule has 0 unspecified atom stereocenters. The lowest BCUT2D eigenvalue weighted by molar-refractivity contribution is 0.0949. The van der Waals surface area contributed by atoms with E-state index >= 15 is 0 Å². The van der Waals surface area contributed by atoms with Crippen molar-refractivity contribution < 1.29 is 23.5 Å². The maximum atomic E-state index is 13.5. The largest absolute Gasteiger partial charge is 0.493 e. The lowest BCUT2D eigenvalue weighted by atomic mass is 10.1. The summed E-state index contributed by atoms with van der Waals surface area (Å²) in [6.07, 6.45) is 1.18. The average Bonchev–Trinajstić information content (AvgIpc) is 2.73. The quantitative estimate of drug-likeness (QED) is 0.532. The number of amides is 3. The van der Waals surface area contributed by atoms with Crippen molar-refractivity contribution in [2.24, 2.45) is 0 Å². The van der Waals surface area contributed by atoms with Crippen LogP contribution >= 0.6 is 0 Å². The standard InChI is InChI=1S/C21H26FN3O4/c1-28-18-9-8-15(14-19(18)29-2)10-13-25-21(27)24-12-5-11-23-20(26)16-6-3-4-7-17(16)22/h3-4,6-9,14H,5,10-13H2,1-2H3,(H,23,26)(H2,24,25,27). The summed E-state index contributed by atoms with van der Waals surface area (Å²) in [4.78, 5) is 23.7. The van der Waals surface area contributed by atoms with E-state index in [-0.39, 0.29) is 11.6 Å². The molecule has 0 aliphatic heterocycles. The Bertz CT molecular complexity index is 829. The van der Waals surface area contributed by atoms with Crippen molar-refractivity contribution in [2.45, 2.75) is 12.8 Å². The number of carbonyl (C=O) groups excluding carboxylic acids is 2. The molecule has 2 aromatic rings. The Labute approximate surface area is 169 Å². The highest BCUT2D eigenvalue weighted by atomic mass is 19.1. The van der Waals surface area contributed by atoms with Crippen molar-refractivity contribution in [3.8, 4) is 11.5 Å². The minimum Gasteiger partial charge on any atom is -0.493 e. The van der Waals surface area contributed by atoms with Crippen LogP contribution in [0.4, 0.5) is 9.18 Å². The molecule has 7 nitrogen and oxygen atoms in total. The van der Waals surface area contributed by atoms with Crippen LogP contribution in [0.25, 0.3) is 0 Å². The first-order chi connectivity index (χ1) is 14.0. The van der Waals surface area contributed by atoms with Crippen LogP contribution in [0.15, 0.2) is 42.5 Å². The van der Waals surface area contributed by atoms with Crippen LogP contribution in [-0.4, -0.2) is 45.8 Å². The molecular formula is C21H26FN3O4. The first-order valence-corrected chi connectivity index (χ1v) is 9.30. The molecule has 29 heavy (non-hydrogen) atoms. The number of urea groups is 1. The van der Waals surface area contributed by atoms with Crippen molar-refractivity contribution in [3.63, 3.8) is 0 Å². The van der Waals surface area contributed by atoms with Gasteiger partial charge in [-0.05, 0) is 42.7 Å². The zero-order chi connectivity index (χ0) is 21.1. The molecule has 0 bridgehead atoms. The Hall–Kier alpha value is -3.29. The van der Waals surface area contributed by atoms with Gasteiger partial charge in [-0.15, -0.1) is 0 Å². The molecule has 0 radical (unpaired) electrons. The second kappa shape index (κ2) is 11.5. The SMILES string of the molecule is COc1ccc(CCNC(=O)NCCCNC(=O)c2ccccc2F)cc1OC. The Kier molecular flexibility index (Phi) is 8.75. The minimum absolute atomic E-state index is 0.00775. The second-order valence-electron chi connectivity index (χ2n) is 6.21. The second-order valence-corrected chi connectivity index (χ2v) is 6.21. The molecule has 3 amide bonds. The zero-order valence-corrected chi connectivity index (χ0v) is 16.6. The fraction of sp³-hybridized carbons (Fsp3) is 0.333. The van der Waals surface area contributed by atoms with E-state index in [1.807, 2.05) is 18.2 Å². The van der Waals surface area contributed by atoms with Gasteiger partial charge in [0.15, 0.2) is 11.5 Å². The van der Waals surface area contributed by atoms with Gasteiger partial charge in [-0.25, -0.2) is 9.18 Å². The summed E-state index contributed by atoms with van der Waals surface area (Å²) in [5.41, 5.74) is 1.02. The monoisotopic (exact) mass is 403 g/mol. The molecule has 2 aromatic carbocycles. The molecule has 156 valence electrons. The molecule has 0 spiro atoms. The molecule has 0 atom stereocenters. The third kappa shape index (κ3) is 6.99. The molecule has 0 fully saturated rings. The number of hydrogen-bond acceptors (Lipinski definition) is 4. The van der Waals surface area contributed by atoms with E-state index in [0.717, 1.165) is 5.56 Å². The third-order valence-corrected chi connectivity index (χ3v) is 4.19. The van der Waals surface area contributed by atoms with Crippen LogP contribution in [0.3, 0.4) is 0 Å². The molecule has 0 aliphatic rings. The fourth-order valence-electron chi connectivity index (χ4n) is 2.65. The van der Waals surface area contributed by atoms with Crippen molar-refractivity contribution in [1.82, 2.24) is 16.0 Å². The van der Waals surface area contributed by atoms with Crippen LogP contribution in [0.1, 0.15) is 22.3 Å². The van der Waals surface area contributed by atoms with E-state index in [1.54, 1.807) is 20.3 Å². The van der Waals surface area contributed by atoms with Crippen LogP contribution in [0.2, 0.25) is 0 Å². The molecular weight excluding hydrogens is 377 g/mol. The van der Waals surface area contributed by atoms with E-state index in [4.69, 9.17) is 9.47 Å². The highest BCUT2D eigenvalue weighted by Crippen LogP contribution is 2.27. The van der Waals surface area contributed by atoms with Crippen LogP contribution in [-0.2, 0) is 6.42 Å². The molecule has 0 heterocycles. The number of hydrogen-bond donors (Lipinski definition) is 3. The van der Waals surface area contributed by atoms with Gasteiger partial charge in [0.1, 0.15) is 5.82 Å². The molecule has 3 N–H and O–H groups in total. The number of rotatable bonds is 10. The first kappa shape index (κ1) is 22.0. The molecule has 8 heteroatoms. The third-order valence-electron chi connectivity index (χ3n) is 4.19. The fourth-order valence-corrected chi connectivity index (χ4v) is 2.65. The smallest absolute Gasteiger partial charge is 0.314 e. The van der Waals surface area contributed by atoms with Crippen LogP contribution in [0.5, 0.6) is 11.5 Å². The number of methoxy groups -OCH3 is 2. The van der Waals surface area contributed by atoms with Crippen molar-refractivity contribution >= 4 is 11.9 Å². The lowest BCUT2D eigenvalue weighted by Gasteiger charge is -2.11. The van der Waals surface area contributed by atoms with Gasteiger partial charge in [-0.1, -0.05) is 18.2 Å². The maximum Gasteiger partial charge on any atom is 0.314 e. The van der Waals surface area contributed by atoms with Gasteiger partial charge < -0.3 is 25.4 Å². The highest BCUT2D eigenvalue weighted by Gasteiger charge is 2.09. The van der Waals surface area contributed by atoms with Gasteiger partial charge in [0, 0.05) is 19.6 Å². The van der Waals surface area contributed by atoms with Gasteiger partial charge in [-0.3, -0.25) is 4.79 Å². The Morgan fingerprint density at radius 3 is 2.31 bits per heavy atom. The van der Waals surface area contributed by atoms with Crippen molar-refractivity contribution in [2.75, 3.05) is 33.9 Å². The lowest BCUT2D eigenvalue weighted by Crippen LogP contribution is -2.38. The van der Waals surface area contributed by atoms with Crippen LogP contribution < -0.4 is 25.4 Å². The summed E-state index contributed by atoms with van der Waals surface area (Å²) >= 11 is 0. The van der Waals surface area contributed by atoms with E-state index in [1.165, 1.54) is 18.2 Å². The molecule has 2 rings (SSSR count). The Balaban J connectivity index is 1.60. The number of carbonyl (C=O) groups is 2. The van der Waals surface area contributed by atoms with Crippen molar-refractivity contribution in [3.05, 3.63) is 59.4 Å². The summed E-state index contributed by atoms with van der Waals surface area (Å²) < 4.78 is 24.0. The van der Waals surface area contributed by atoms with Gasteiger partial charge in [0.2, 0.25) is 0 Å². The van der Waals surface area contributed by atoms with E-state index in [9.17, 15) is 14.0 Å². The summed E-state index contributed by atoms with van der Waals surface area (Å²) in [6, 6.07) is 11.1. The Morgan fingerprint density at radius 1 is 0.897 bits per heavy atom. The van der Waals surface area contributed by atoms with Crippen molar-refractivity contribution in [1.29, 1.82) is 0 Å². The van der Waals surface area contributed by atoms with E-state index in [0.29, 0.717) is 44.0 Å². The van der Waals surface area contributed by atoms with Crippen LogP contribution in [0, 0.1) is 5.82 Å². The molecule has 0 saturated heterocycles. The predicted molar refractivity (Wildman–Crippen MR) is 108 cm³/mol. The van der Waals surface area contributed by atoms with E-state index in [2.05, 4.69) is 16.0 Å². The number of benzene rings is 2. The topological polar surface area (TPSA) is 88.7 Å². The zero-order valence-electron chi connectivity index (χ0n) is 16.6.